The van der Waals surface area contributed by atoms with E-state index in [9.17, 15) is 4.79 Å². The lowest BCUT2D eigenvalue weighted by molar-refractivity contribution is 0.0980. The Balaban J connectivity index is 2.03. The Morgan fingerprint density at radius 2 is 2.21 bits per heavy atom. The summed E-state index contributed by atoms with van der Waals surface area (Å²) < 4.78 is 5.22. The van der Waals surface area contributed by atoms with Gasteiger partial charge in [0.05, 0.1) is 11.8 Å². The van der Waals surface area contributed by atoms with E-state index in [0.717, 1.165) is 23.4 Å². The fourth-order valence-electron chi connectivity index (χ4n) is 2.70. The minimum Gasteiger partial charge on any atom is -0.469 e. The molecular weight excluding hydrogens is 240 g/mol. The van der Waals surface area contributed by atoms with Gasteiger partial charge in [0, 0.05) is 17.4 Å². The molecule has 19 heavy (non-hydrogen) atoms. The van der Waals surface area contributed by atoms with Crippen molar-refractivity contribution in [2.75, 3.05) is 10.6 Å². The van der Waals surface area contributed by atoms with Crippen LogP contribution in [-0.4, -0.2) is 11.9 Å². The molecule has 98 valence electrons. The van der Waals surface area contributed by atoms with Crippen LogP contribution in [0.3, 0.4) is 0 Å². The van der Waals surface area contributed by atoms with Gasteiger partial charge in [-0.1, -0.05) is 0 Å². The second kappa shape index (κ2) is 4.16. The first-order chi connectivity index (χ1) is 9.08. The average Bonchev–Trinajstić information content (AvgIpc) is 2.90. The van der Waals surface area contributed by atoms with Crippen molar-refractivity contribution in [2.24, 2.45) is 0 Å². The number of aryl methyl sites for hydroxylation is 1. The second-order valence-corrected chi connectivity index (χ2v) is 5.01. The minimum absolute atomic E-state index is 0.0118. The number of anilines is 2. The number of amides is 1. The highest BCUT2D eigenvalue weighted by molar-refractivity contribution is 6.08. The number of fused-ring (bicyclic) bond motifs is 1. The smallest absolute Gasteiger partial charge is 0.262 e. The summed E-state index contributed by atoms with van der Waals surface area (Å²) in [6.45, 7) is 3.85. The van der Waals surface area contributed by atoms with Crippen LogP contribution in [-0.2, 0) is 6.42 Å². The fourth-order valence-corrected chi connectivity index (χ4v) is 2.70. The molecule has 0 bridgehead atoms. The van der Waals surface area contributed by atoms with Crippen molar-refractivity contribution in [3.8, 4) is 0 Å². The normalized spacial score (nSPS) is 17.6. The molecule has 3 rings (SSSR count). The van der Waals surface area contributed by atoms with E-state index in [1.807, 2.05) is 30.0 Å². The van der Waals surface area contributed by atoms with Crippen LogP contribution >= 0.6 is 0 Å². The summed E-state index contributed by atoms with van der Waals surface area (Å²) >= 11 is 0. The highest BCUT2D eigenvalue weighted by Crippen LogP contribution is 2.35. The zero-order valence-electron chi connectivity index (χ0n) is 11.0. The Hall–Kier alpha value is -2.23. The third kappa shape index (κ3) is 1.80. The summed E-state index contributed by atoms with van der Waals surface area (Å²) in [6, 6.07) is 7.56. The van der Waals surface area contributed by atoms with Crippen LogP contribution < -0.4 is 10.6 Å². The zero-order chi connectivity index (χ0) is 13.6. The van der Waals surface area contributed by atoms with Crippen LogP contribution in [0.25, 0.3) is 0 Å². The van der Waals surface area contributed by atoms with Gasteiger partial charge in [-0.15, -0.1) is 0 Å². The molecule has 0 spiro atoms. The molecule has 4 nitrogen and oxygen atoms in total. The fraction of sp³-hybridized carbons (Fsp3) is 0.267. The van der Waals surface area contributed by atoms with E-state index in [2.05, 4.69) is 0 Å². The molecule has 2 aromatic rings. The minimum atomic E-state index is -0.0118. The third-order valence-corrected chi connectivity index (χ3v) is 3.63. The first-order valence-electron chi connectivity index (χ1n) is 6.34. The molecule has 0 aliphatic carbocycles. The molecule has 4 heteroatoms. The second-order valence-electron chi connectivity index (χ2n) is 5.01. The Kier molecular flexibility index (Phi) is 2.59. The summed E-state index contributed by atoms with van der Waals surface area (Å²) in [7, 11) is 0. The van der Waals surface area contributed by atoms with Gasteiger partial charge in [0.25, 0.3) is 5.91 Å². The molecular formula is C15H16N2O2. The van der Waals surface area contributed by atoms with Gasteiger partial charge < -0.3 is 15.1 Å². The van der Waals surface area contributed by atoms with Crippen molar-refractivity contribution in [1.29, 1.82) is 0 Å². The van der Waals surface area contributed by atoms with Crippen LogP contribution in [0.4, 0.5) is 11.4 Å². The molecule has 1 aliphatic heterocycles. The molecule has 0 radical (unpaired) electrons. The van der Waals surface area contributed by atoms with Crippen molar-refractivity contribution in [3.05, 3.63) is 47.4 Å². The van der Waals surface area contributed by atoms with Gasteiger partial charge in [0.2, 0.25) is 0 Å². The van der Waals surface area contributed by atoms with Gasteiger partial charge in [0.15, 0.2) is 0 Å². The molecule has 2 heterocycles. The first kappa shape index (κ1) is 11.8. The standard InChI is InChI=1S/C15H16N2O2/c1-9-7-11-8-12(16)3-4-14(11)17(9)15(18)13-5-6-19-10(13)2/h3-6,8-9H,7,16H2,1-2H3. The average molecular weight is 256 g/mol. The van der Waals surface area contributed by atoms with E-state index in [-0.39, 0.29) is 11.9 Å². The zero-order valence-corrected chi connectivity index (χ0v) is 11.0. The Morgan fingerprint density at radius 1 is 1.42 bits per heavy atom. The van der Waals surface area contributed by atoms with Crippen LogP contribution in [0.1, 0.15) is 28.6 Å². The highest BCUT2D eigenvalue weighted by Gasteiger charge is 2.32. The van der Waals surface area contributed by atoms with E-state index in [1.54, 1.807) is 19.3 Å². The van der Waals surface area contributed by atoms with Gasteiger partial charge in [-0.05, 0) is 50.1 Å². The van der Waals surface area contributed by atoms with E-state index in [1.165, 1.54) is 0 Å². The van der Waals surface area contributed by atoms with Gasteiger partial charge in [-0.2, -0.15) is 0 Å². The number of carbonyl (C=O) groups excluding carboxylic acids is 1. The van der Waals surface area contributed by atoms with Crippen molar-refractivity contribution >= 4 is 17.3 Å². The van der Waals surface area contributed by atoms with Gasteiger partial charge in [-0.3, -0.25) is 4.79 Å². The Morgan fingerprint density at radius 3 is 2.89 bits per heavy atom. The predicted octanol–water partition coefficient (Wildman–Crippen LogP) is 2.76. The molecule has 1 unspecified atom stereocenters. The number of nitrogen functional groups attached to an aromatic ring is 1. The predicted molar refractivity (Wildman–Crippen MR) is 74.3 cm³/mol. The van der Waals surface area contributed by atoms with Gasteiger partial charge in [0.1, 0.15) is 5.76 Å². The number of nitrogens with zero attached hydrogens (tertiary/aromatic N) is 1. The number of hydrogen-bond acceptors (Lipinski definition) is 3. The molecule has 0 saturated carbocycles. The SMILES string of the molecule is Cc1occc1C(=O)N1c2ccc(N)cc2CC1C. The van der Waals surface area contributed by atoms with Crippen molar-refractivity contribution < 1.29 is 9.21 Å². The number of rotatable bonds is 1. The molecule has 0 saturated heterocycles. The molecule has 0 fully saturated rings. The van der Waals surface area contributed by atoms with Gasteiger partial charge in [-0.25, -0.2) is 0 Å². The van der Waals surface area contributed by atoms with E-state index in [0.29, 0.717) is 11.3 Å². The summed E-state index contributed by atoms with van der Waals surface area (Å²) in [5.74, 6) is 0.642. The van der Waals surface area contributed by atoms with Crippen LogP contribution in [0.2, 0.25) is 0 Å². The van der Waals surface area contributed by atoms with Crippen LogP contribution in [0, 0.1) is 6.92 Å². The molecule has 1 aromatic heterocycles. The topological polar surface area (TPSA) is 59.5 Å². The quantitative estimate of drug-likeness (QED) is 0.798. The highest BCUT2D eigenvalue weighted by atomic mass is 16.3. The van der Waals surface area contributed by atoms with Crippen molar-refractivity contribution in [2.45, 2.75) is 26.3 Å². The number of furan rings is 1. The maximum absolute atomic E-state index is 12.6. The summed E-state index contributed by atoms with van der Waals surface area (Å²) in [6.07, 6.45) is 2.39. The Bertz CT molecular complexity index is 645. The molecule has 1 aliphatic rings. The van der Waals surface area contributed by atoms with Crippen molar-refractivity contribution in [3.63, 3.8) is 0 Å². The first-order valence-corrected chi connectivity index (χ1v) is 6.34. The Labute approximate surface area is 111 Å². The molecule has 1 atom stereocenters. The summed E-state index contributed by atoms with van der Waals surface area (Å²) in [5, 5.41) is 0. The largest absolute Gasteiger partial charge is 0.469 e. The lowest BCUT2D eigenvalue weighted by Gasteiger charge is -2.22. The number of carbonyl (C=O) groups is 1. The third-order valence-electron chi connectivity index (χ3n) is 3.63. The number of nitrogens with two attached hydrogens (primary N) is 1. The van der Waals surface area contributed by atoms with Gasteiger partial charge >= 0.3 is 0 Å². The maximum Gasteiger partial charge on any atom is 0.262 e. The van der Waals surface area contributed by atoms with Crippen LogP contribution in [0.5, 0.6) is 0 Å². The number of hydrogen-bond donors (Lipinski definition) is 1. The summed E-state index contributed by atoms with van der Waals surface area (Å²) in [4.78, 5) is 14.4. The van der Waals surface area contributed by atoms with Crippen LogP contribution in [0.15, 0.2) is 34.9 Å². The maximum atomic E-state index is 12.6. The lowest BCUT2D eigenvalue weighted by Crippen LogP contribution is -2.35. The monoisotopic (exact) mass is 256 g/mol. The molecule has 2 N–H and O–H groups in total. The molecule has 1 amide bonds. The van der Waals surface area contributed by atoms with Crippen molar-refractivity contribution in [1.82, 2.24) is 0 Å². The number of benzene rings is 1. The molecule has 1 aromatic carbocycles. The lowest BCUT2D eigenvalue weighted by atomic mass is 10.1. The van der Waals surface area contributed by atoms with E-state index in [4.69, 9.17) is 10.2 Å². The van der Waals surface area contributed by atoms with E-state index >= 15 is 0 Å². The van der Waals surface area contributed by atoms with E-state index < -0.39 is 0 Å². The summed E-state index contributed by atoms with van der Waals surface area (Å²) in [5.41, 5.74) is 9.23.